The molecule has 0 aromatic heterocycles. The lowest BCUT2D eigenvalue weighted by molar-refractivity contribution is -0.0106. The predicted octanol–water partition coefficient (Wildman–Crippen LogP) is 4.03. The van der Waals surface area contributed by atoms with Crippen molar-refractivity contribution in [2.24, 2.45) is 5.41 Å². The molecule has 108 valence electrons. The van der Waals surface area contributed by atoms with Gasteiger partial charge < -0.3 is 10.1 Å². The minimum absolute atomic E-state index is 0.114. The Kier molecular flexibility index (Phi) is 6.51. The molecule has 2 nitrogen and oxygen atoms in total. The van der Waals surface area contributed by atoms with Crippen LogP contribution in [0, 0.1) is 5.41 Å². The molecule has 0 heterocycles. The van der Waals surface area contributed by atoms with Gasteiger partial charge in [0.1, 0.15) is 0 Å². The first-order chi connectivity index (χ1) is 8.90. The summed E-state index contributed by atoms with van der Waals surface area (Å²) >= 11 is 3.63. The number of likely N-dealkylation sites (N-methyl/N-ethyl adjacent to an activating group) is 1. The molecule has 2 unspecified atom stereocenters. The fourth-order valence-electron chi connectivity index (χ4n) is 2.57. The molecule has 1 rings (SSSR count). The van der Waals surface area contributed by atoms with Crippen molar-refractivity contribution in [1.82, 2.24) is 5.32 Å². The number of rotatable bonds is 6. The van der Waals surface area contributed by atoms with Crippen LogP contribution in [0.4, 0.5) is 0 Å². The van der Waals surface area contributed by atoms with E-state index in [2.05, 4.69) is 67.1 Å². The van der Waals surface area contributed by atoms with Gasteiger partial charge >= 0.3 is 0 Å². The van der Waals surface area contributed by atoms with Gasteiger partial charge in [0.2, 0.25) is 0 Å². The van der Waals surface area contributed by atoms with Crippen LogP contribution in [0.3, 0.4) is 0 Å². The van der Waals surface area contributed by atoms with Crippen molar-refractivity contribution in [3.05, 3.63) is 34.3 Å². The fourth-order valence-corrected chi connectivity index (χ4v) is 3.02. The summed E-state index contributed by atoms with van der Waals surface area (Å²) in [5.41, 5.74) is 1.43. The van der Waals surface area contributed by atoms with Crippen LogP contribution in [-0.2, 0) is 11.2 Å². The number of halogens is 1. The highest BCUT2D eigenvalue weighted by Gasteiger charge is 2.32. The molecule has 1 aromatic carbocycles. The van der Waals surface area contributed by atoms with Gasteiger partial charge in [0.15, 0.2) is 0 Å². The Morgan fingerprint density at radius 2 is 1.89 bits per heavy atom. The molecule has 0 spiro atoms. The lowest BCUT2D eigenvalue weighted by atomic mass is 9.82. The maximum Gasteiger partial charge on any atom is 0.0775 e. The Bertz CT molecular complexity index is 387. The molecule has 0 amide bonds. The predicted molar refractivity (Wildman–Crippen MR) is 85.6 cm³/mol. The Morgan fingerprint density at radius 1 is 1.26 bits per heavy atom. The zero-order valence-electron chi connectivity index (χ0n) is 12.7. The summed E-state index contributed by atoms with van der Waals surface area (Å²) in [6.07, 6.45) is 1.14. The van der Waals surface area contributed by atoms with E-state index in [0.717, 1.165) is 13.0 Å². The van der Waals surface area contributed by atoms with E-state index < -0.39 is 0 Å². The first-order valence-electron chi connectivity index (χ1n) is 6.89. The molecule has 0 radical (unpaired) electrons. The van der Waals surface area contributed by atoms with E-state index in [1.807, 2.05) is 6.07 Å². The minimum atomic E-state index is 0.114. The average molecular weight is 328 g/mol. The van der Waals surface area contributed by atoms with Crippen LogP contribution in [0.25, 0.3) is 0 Å². The van der Waals surface area contributed by atoms with E-state index in [1.54, 1.807) is 7.11 Å². The molecular weight excluding hydrogens is 302 g/mol. The van der Waals surface area contributed by atoms with Crippen LogP contribution in [-0.4, -0.2) is 25.8 Å². The summed E-state index contributed by atoms with van der Waals surface area (Å²) < 4.78 is 6.93. The number of benzene rings is 1. The van der Waals surface area contributed by atoms with Crippen LogP contribution >= 0.6 is 15.9 Å². The van der Waals surface area contributed by atoms with E-state index in [0.29, 0.717) is 6.04 Å². The molecule has 0 aliphatic heterocycles. The van der Waals surface area contributed by atoms with Gasteiger partial charge in [0.25, 0.3) is 0 Å². The first-order valence-corrected chi connectivity index (χ1v) is 7.69. The summed E-state index contributed by atoms with van der Waals surface area (Å²) in [6, 6.07) is 8.71. The zero-order chi connectivity index (χ0) is 14.5. The first kappa shape index (κ1) is 16.7. The van der Waals surface area contributed by atoms with Crippen LogP contribution in [0.2, 0.25) is 0 Å². The molecule has 0 fully saturated rings. The maximum absolute atomic E-state index is 5.76. The minimum Gasteiger partial charge on any atom is -0.379 e. The Labute approximate surface area is 126 Å². The number of nitrogens with one attached hydrogen (secondary N) is 1. The number of ether oxygens (including phenoxy) is 1. The molecule has 0 aliphatic rings. The topological polar surface area (TPSA) is 21.3 Å². The largest absolute Gasteiger partial charge is 0.379 e. The normalized spacial score (nSPS) is 15.3. The fraction of sp³-hybridized carbons (Fsp3) is 0.625. The highest BCUT2D eigenvalue weighted by Crippen LogP contribution is 2.27. The highest BCUT2D eigenvalue weighted by molar-refractivity contribution is 9.10. The second-order valence-electron chi connectivity index (χ2n) is 5.98. The van der Waals surface area contributed by atoms with Crippen LogP contribution < -0.4 is 5.32 Å². The van der Waals surface area contributed by atoms with Crippen molar-refractivity contribution in [2.75, 3.05) is 13.7 Å². The molecule has 0 aliphatic carbocycles. The van der Waals surface area contributed by atoms with Crippen LogP contribution in [0.5, 0.6) is 0 Å². The van der Waals surface area contributed by atoms with Gasteiger partial charge in [-0.25, -0.2) is 0 Å². The standard InChI is InChI=1S/C16H26BrNO/c1-6-18-14(15(19-5)16(2,3)4)11-12-9-7-8-10-13(12)17/h7-10,14-15,18H,6,11H2,1-5H3. The summed E-state index contributed by atoms with van der Waals surface area (Å²) in [5, 5.41) is 3.57. The summed E-state index contributed by atoms with van der Waals surface area (Å²) in [4.78, 5) is 0. The van der Waals surface area contributed by atoms with Gasteiger partial charge in [-0.15, -0.1) is 0 Å². The average Bonchev–Trinajstić information content (AvgIpc) is 2.31. The number of methoxy groups -OCH3 is 1. The Balaban J connectivity index is 2.91. The maximum atomic E-state index is 5.76. The van der Waals surface area contributed by atoms with Crippen LogP contribution in [0.1, 0.15) is 33.3 Å². The third-order valence-corrected chi connectivity index (χ3v) is 4.11. The Morgan fingerprint density at radius 3 is 2.37 bits per heavy atom. The second-order valence-corrected chi connectivity index (χ2v) is 6.84. The van der Waals surface area contributed by atoms with Crippen molar-refractivity contribution in [3.8, 4) is 0 Å². The molecular formula is C16H26BrNO. The lowest BCUT2D eigenvalue weighted by Crippen LogP contribution is -2.49. The van der Waals surface area contributed by atoms with Gasteiger partial charge in [-0.1, -0.05) is 61.8 Å². The van der Waals surface area contributed by atoms with E-state index in [9.17, 15) is 0 Å². The molecule has 1 N–H and O–H groups in total. The SMILES string of the molecule is CCNC(Cc1ccccc1Br)C(OC)C(C)(C)C. The van der Waals surface area contributed by atoms with Crippen molar-refractivity contribution in [2.45, 2.75) is 46.3 Å². The smallest absolute Gasteiger partial charge is 0.0775 e. The molecule has 1 aromatic rings. The van der Waals surface area contributed by atoms with Crippen molar-refractivity contribution >= 4 is 15.9 Å². The van der Waals surface area contributed by atoms with Gasteiger partial charge in [-0.3, -0.25) is 0 Å². The van der Waals surface area contributed by atoms with Crippen molar-refractivity contribution in [3.63, 3.8) is 0 Å². The van der Waals surface area contributed by atoms with E-state index in [1.165, 1.54) is 10.0 Å². The second kappa shape index (κ2) is 7.41. The van der Waals surface area contributed by atoms with E-state index in [-0.39, 0.29) is 11.5 Å². The number of hydrogen-bond donors (Lipinski definition) is 1. The highest BCUT2D eigenvalue weighted by atomic mass is 79.9. The molecule has 3 heteroatoms. The molecule has 2 atom stereocenters. The summed E-state index contributed by atoms with van der Waals surface area (Å²) in [6.45, 7) is 9.77. The van der Waals surface area contributed by atoms with Crippen molar-refractivity contribution in [1.29, 1.82) is 0 Å². The van der Waals surface area contributed by atoms with Gasteiger partial charge in [-0.2, -0.15) is 0 Å². The molecule has 0 saturated heterocycles. The number of hydrogen-bond acceptors (Lipinski definition) is 2. The van der Waals surface area contributed by atoms with E-state index in [4.69, 9.17) is 4.74 Å². The summed E-state index contributed by atoms with van der Waals surface area (Å²) in [7, 11) is 1.81. The molecule has 19 heavy (non-hydrogen) atoms. The van der Waals surface area contributed by atoms with Crippen LogP contribution in [0.15, 0.2) is 28.7 Å². The summed E-state index contributed by atoms with van der Waals surface area (Å²) in [5.74, 6) is 0. The van der Waals surface area contributed by atoms with Gasteiger partial charge in [-0.05, 0) is 30.0 Å². The molecule has 0 saturated carbocycles. The molecule has 0 bridgehead atoms. The third kappa shape index (κ3) is 4.90. The van der Waals surface area contributed by atoms with Crippen molar-refractivity contribution < 1.29 is 4.74 Å². The monoisotopic (exact) mass is 327 g/mol. The van der Waals surface area contributed by atoms with E-state index >= 15 is 0 Å². The Hall–Kier alpha value is -0.380. The quantitative estimate of drug-likeness (QED) is 0.851. The zero-order valence-corrected chi connectivity index (χ0v) is 14.3. The third-order valence-electron chi connectivity index (χ3n) is 3.34. The lowest BCUT2D eigenvalue weighted by Gasteiger charge is -2.36. The van der Waals surface area contributed by atoms with Gasteiger partial charge in [0, 0.05) is 17.6 Å². The van der Waals surface area contributed by atoms with Gasteiger partial charge in [0.05, 0.1) is 6.10 Å².